The van der Waals surface area contributed by atoms with E-state index in [4.69, 9.17) is 0 Å². The fourth-order valence-electron chi connectivity index (χ4n) is 2.75. The fourth-order valence-corrected chi connectivity index (χ4v) is 3.24. The number of benzene rings is 2. The van der Waals surface area contributed by atoms with Crippen molar-refractivity contribution in [1.29, 1.82) is 0 Å². The zero-order valence-corrected chi connectivity index (χ0v) is 12.7. The molecule has 0 spiro atoms. The van der Waals surface area contributed by atoms with Crippen LogP contribution in [-0.2, 0) is 0 Å². The van der Waals surface area contributed by atoms with Gasteiger partial charge in [0.15, 0.2) is 0 Å². The van der Waals surface area contributed by atoms with Gasteiger partial charge >= 0.3 is 0 Å². The van der Waals surface area contributed by atoms with E-state index in [2.05, 4.69) is 26.3 Å². The molecule has 1 amide bonds. The minimum Gasteiger partial charge on any atom is -0.362 e. The van der Waals surface area contributed by atoms with E-state index >= 15 is 0 Å². The third-order valence-corrected chi connectivity index (χ3v) is 4.44. The predicted octanol–water partition coefficient (Wildman–Crippen LogP) is 3.45. The largest absolute Gasteiger partial charge is 0.362 e. The molecule has 1 N–H and O–H groups in total. The van der Waals surface area contributed by atoms with Gasteiger partial charge in [-0.1, -0.05) is 36.4 Å². The van der Waals surface area contributed by atoms with Crippen molar-refractivity contribution >= 4 is 33.2 Å². The van der Waals surface area contributed by atoms with Crippen LogP contribution in [0.5, 0.6) is 0 Å². The van der Waals surface area contributed by atoms with E-state index in [1.807, 2.05) is 48.5 Å². The van der Waals surface area contributed by atoms with Crippen molar-refractivity contribution in [2.24, 2.45) is 5.10 Å². The summed E-state index contributed by atoms with van der Waals surface area (Å²) in [5, 5.41) is 9.47. The van der Waals surface area contributed by atoms with Crippen molar-refractivity contribution in [2.45, 2.75) is 12.6 Å². The van der Waals surface area contributed by atoms with Gasteiger partial charge in [-0.3, -0.25) is 4.79 Å². The molecule has 0 saturated carbocycles. The predicted molar refractivity (Wildman–Crippen MR) is 85.3 cm³/mol. The number of fused-ring (bicyclic) bond motifs is 2. The molecule has 21 heavy (non-hydrogen) atoms. The Morgan fingerprint density at radius 2 is 1.95 bits per heavy atom. The van der Waals surface area contributed by atoms with E-state index in [0.29, 0.717) is 12.0 Å². The molecule has 0 aliphatic carbocycles. The van der Waals surface area contributed by atoms with Gasteiger partial charge in [0.2, 0.25) is 0 Å². The molecular formula is C16H12BrN3O. The lowest BCUT2D eigenvalue weighted by Crippen LogP contribution is -2.42. The van der Waals surface area contributed by atoms with Crippen LogP contribution in [-0.4, -0.2) is 22.8 Å². The quantitative estimate of drug-likeness (QED) is 0.863. The maximum atomic E-state index is 12.6. The highest BCUT2D eigenvalue weighted by molar-refractivity contribution is 9.10. The molecule has 104 valence electrons. The minimum atomic E-state index is -0.112. The Balaban J connectivity index is 1.73. The highest BCUT2D eigenvalue weighted by atomic mass is 79.9. The molecule has 1 atom stereocenters. The van der Waals surface area contributed by atoms with Crippen molar-refractivity contribution in [3.8, 4) is 0 Å². The first-order chi connectivity index (χ1) is 10.2. The summed E-state index contributed by atoms with van der Waals surface area (Å²) in [5.74, 6) is -0.0546. The molecule has 2 aromatic carbocycles. The number of nitrogens with zero attached hydrogens (tertiary/aromatic N) is 2. The summed E-state index contributed by atoms with van der Waals surface area (Å²) in [4.78, 5) is 12.6. The number of hydrazone groups is 1. The molecule has 0 bridgehead atoms. The molecule has 4 nitrogen and oxygen atoms in total. The van der Waals surface area contributed by atoms with Crippen molar-refractivity contribution in [1.82, 2.24) is 5.01 Å². The number of anilines is 1. The van der Waals surface area contributed by atoms with Crippen LogP contribution in [0.25, 0.3) is 0 Å². The lowest BCUT2D eigenvalue weighted by atomic mass is 10.0. The van der Waals surface area contributed by atoms with Crippen LogP contribution in [0.1, 0.15) is 22.3 Å². The second-order valence-corrected chi connectivity index (χ2v) is 5.94. The minimum absolute atomic E-state index is 0.0546. The number of para-hydroxylation sites is 1. The molecule has 2 aliphatic rings. The number of rotatable bonds is 1. The smallest absolute Gasteiger partial charge is 0.278 e. The van der Waals surface area contributed by atoms with Gasteiger partial charge in [-0.25, -0.2) is 5.01 Å². The molecule has 4 rings (SSSR count). The SMILES string of the molecule is O=C1c2cccc(Br)c2NC2CC(c3ccccc3)=NN12. The van der Waals surface area contributed by atoms with Gasteiger partial charge < -0.3 is 5.32 Å². The van der Waals surface area contributed by atoms with E-state index in [0.717, 1.165) is 21.4 Å². The Kier molecular flexibility index (Phi) is 2.82. The first kappa shape index (κ1) is 12.6. The van der Waals surface area contributed by atoms with Gasteiger partial charge in [-0.2, -0.15) is 5.10 Å². The highest BCUT2D eigenvalue weighted by Crippen LogP contribution is 2.35. The molecule has 0 saturated heterocycles. The van der Waals surface area contributed by atoms with Crippen LogP contribution < -0.4 is 5.32 Å². The second-order valence-electron chi connectivity index (χ2n) is 5.09. The number of hydrogen-bond acceptors (Lipinski definition) is 3. The van der Waals surface area contributed by atoms with Crippen LogP contribution in [0.2, 0.25) is 0 Å². The lowest BCUT2D eigenvalue weighted by molar-refractivity contribution is 0.0717. The van der Waals surface area contributed by atoms with Crippen LogP contribution in [0.3, 0.4) is 0 Å². The summed E-state index contributed by atoms with van der Waals surface area (Å²) in [7, 11) is 0. The molecule has 2 aromatic rings. The Morgan fingerprint density at radius 3 is 2.76 bits per heavy atom. The van der Waals surface area contributed by atoms with Gasteiger partial charge in [0.25, 0.3) is 5.91 Å². The van der Waals surface area contributed by atoms with Crippen LogP contribution in [0.15, 0.2) is 58.1 Å². The summed E-state index contributed by atoms with van der Waals surface area (Å²) in [6.45, 7) is 0. The number of halogens is 1. The molecular weight excluding hydrogens is 330 g/mol. The van der Waals surface area contributed by atoms with E-state index in [-0.39, 0.29) is 12.1 Å². The van der Waals surface area contributed by atoms with Crippen LogP contribution in [0.4, 0.5) is 5.69 Å². The van der Waals surface area contributed by atoms with E-state index in [9.17, 15) is 4.79 Å². The number of carbonyl (C=O) groups is 1. The average Bonchev–Trinajstić information content (AvgIpc) is 2.94. The Labute approximate surface area is 130 Å². The van der Waals surface area contributed by atoms with E-state index in [1.54, 1.807) is 5.01 Å². The van der Waals surface area contributed by atoms with E-state index in [1.165, 1.54) is 0 Å². The number of hydrogen-bond donors (Lipinski definition) is 1. The topological polar surface area (TPSA) is 44.7 Å². The van der Waals surface area contributed by atoms with Crippen molar-refractivity contribution in [3.05, 3.63) is 64.1 Å². The van der Waals surface area contributed by atoms with Gasteiger partial charge in [0, 0.05) is 10.9 Å². The molecule has 5 heteroatoms. The number of nitrogens with one attached hydrogen (secondary N) is 1. The fraction of sp³-hybridized carbons (Fsp3) is 0.125. The summed E-state index contributed by atoms with van der Waals surface area (Å²) >= 11 is 3.50. The average molecular weight is 342 g/mol. The van der Waals surface area contributed by atoms with Gasteiger partial charge in [0.1, 0.15) is 6.17 Å². The Hall–Kier alpha value is -2.14. The van der Waals surface area contributed by atoms with Crippen molar-refractivity contribution in [3.63, 3.8) is 0 Å². The zero-order valence-electron chi connectivity index (χ0n) is 11.1. The molecule has 0 aromatic heterocycles. The maximum Gasteiger partial charge on any atom is 0.278 e. The standard InChI is InChI=1S/C16H12BrN3O/c17-12-8-4-7-11-15(12)18-14-9-13(19-20(14)16(11)21)10-5-2-1-3-6-10/h1-8,14,18H,9H2. The normalized spacial score (nSPS) is 19.7. The third-order valence-electron chi connectivity index (χ3n) is 3.78. The van der Waals surface area contributed by atoms with Crippen LogP contribution in [0, 0.1) is 0 Å². The van der Waals surface area contributed by atoms with Gasteiger partial charge in [-0.15, -0.1) is 0 Å². The van der Waals surface area contributed by atoms with Crippen molar-refractivity contribution < 1.29 is 4.79 Å². The van der Waals surface area contributed by atoms with Gasteiger partial charge in [-0.05, 0) is 33.6 Å². The number of amides is 1. The summed E-state index contributed by atoms with van der Waals surface area (Å²) < 4.78 is 0.904. The molecule has 1 unspecified atom stereocenters. The first-order valence-electron chi connectivity index (χ1n) is 6.75. The van der Waals surface area contributed by atoms with E-state index < -0.39 is 0 Å². The Bertz CT molecular complexity index is 757. The van der Waals surface area contributed by atoms with Gasteiger partial charge in [0.05, 0.1) is 17.0 Å². The summed E-state index contributed by atoms with van der Waals surface area (Å²) in [6, 6.07) is 15.6. The van der Waals surface area contributed by atoms with Crippen molar-refractivity contribution in [2.75, 3.05) is 5.32 Å². The number of carbonyl (C=O) groups excluding carboxylic acids is 1. The zero-order chi connectivity index (χ0) is 14.4. The summed E-state index contributed by atoms with van der Waals surface area (Å²) in [6.07, 6.45) is 0.593. The monoisotopic (exact) mass is 341 g/mol. The molecule has 0 fully saturated rings. The molecule has 2 heterocycles. The maximum absolute atomic E-state index is 12.6. The lowest BCUT2D eigenvalue weighted by Gasteiger charge is -2.30. The highest BCUT2D eigenvalue weighted by Gasteiger charge is 2.38. The second kappa shape index (κ2) is 4.70. The Morgan fingerprint density at radius 1 is 1.14 bits per heavy atom. The molecule has 2 aliphatic heterocycles. The third kappa shape index (κ3) is 1.96. The molecule has 0 radical (unpaired) electrons. The summed E-state index contributed by atoms with van der Waals surface area (Å²) in [5.41, 5.74) is 3.50. The first-order valence-corrected chi connectivity index (χ1v) is 7.55. The van der Waals surface area contributed by atoms with Crippen LogP contribution >= 0.6 is 15.9 Å².